The highest BCUT2D eigenvalue weighted by Gasteiger charge is 2.19. The number of rotatable bonds is 6. The van der Waals surface area contributed by atoms with Gasteiger partial charge in [0.25, 0.3) is 5.91 Å². The molecule has 3 N–H and O–H groups in total. The molecule has 0 aliphatic carbocycles. The van der Waals surface area contributed by atoms with Gasteiger partial charge in [-0.3, -0.25) is 4.79 Å². The Kier molecular flexibility index (Phi) is 5.02. The highest BCUT2D eigenvalue weighted by atomic mass is 16.5. The standard InChI is InChI=1S/C18H19N5O3/c1-3-26-15-7-5-4-6-14(15)20-18(24)16-17(19)23(22-21-16)12-8-10-13(25-2)11-9-12/h4-11H,3,19H2,1-2H3,(H,20,24). The lowest BCUT2D eigenvalue weighted by atomic mass is 10.2. The number of nitrogens with one attached hydrogen (secondary N) is 1. The van der Waals surface area contributed by atoms with Gasteiger partial charge in [0.15, 0.2) is 11.5 Å². The first-order chi connectivity index (χ1) is 12.6. The van der Waals surface area contributed by atoms with Crippen LogP contribution in [0.25, 0.3) is 5.69 Å². The molecule has 134 valence electrons. The maximum Gasteiger partial charge on any atom is 0.280 e. The summed E-state index contributed by atoms with van der Waals surface area (Å²) in [5.74, 6) is 0.957. The lowest BCUT2D eigenvalue weighted by Crippen LogP contribution is -2.15. The number of benzene rings is 2. The minimum absolute atomic E-state index is 0.0344. The first-order valence-corrected chi connectivity index (χ1v) is 8.02. The molecule has 0 saturated carbocycles. The summed E-state index contributed by atoms with van der Waals surface area (Å²) in [4.78, 5) is 12.6. The van der Waals surface area contributed by atoms with E-state index < -0.39 is 5.91 Å². The van der Waals surface area contributed by atoms with Gasteiger partial charge in [0, 0.05) is 0 Å². The van der Waals surface area contributed by atoms with Gasteiger partial charge >= 0.3 is 0 Å². The molecule has 0 unspecified atom stereocenters. The van der Waals surface area contributed by atoms with Gasteiger partial charge in [-0.05, 0) is 43.3 Å². The van der Waals surface area contributed by atoms with E-state index in [4.69, 9.17) is 15.2 Å². The van der Waals surface area contributed by atoms with Crippen LogP contribution in [0.5, 0.6) is 11.5 Å². The number of nitrogen functional groups attached to an aromatic ring is 1. The Balaban J connectivity index is 1.84. The van der Waals surface area contributed by atoms with E-state index >= 15 is 0 Å². The number of para-hydroxylation sites is 2. The lowest BCUT2D eigenvalue weighted by molar-refractivity contribution is 0.102. The summed E-state index contributed by atoms with van der Waals surface area (Å²) < 4.78 is 12.0. The molecule has 0 spiro atoms. The Morgan fingerprint density at radius 1 is 1.19 bits per heavy atom. The second kappa shape index (κ2) is 7.56. The van der Waals surface area contributed by atoms with Crippen LogP contribution in [-0.4, -0.2) is 34.6 Å². The molecule has 0 atom stereocenters. The van der Waals surface area contributed by atoms with E-state index in [-0.39, 0.29) is 11.5 Å². The first-order valence-electron chi connectivity index (χ1n) is 8.02. The molecule has 0 radical (unpaired) electrons. The molecule has 1 heterocycles. The number of anilines is 2. The summed E-state index contributed by atoms with van der Waals surface area (Å²) in [7, 11) is 1.58. The van der Waals surface area contributed by atoms with E-state index in [2.05, 4.69) is 15.6 Å². The van der Waals surface area contributed by atoms with Gasteiger partial charge in [-0.1, -0.05) is 17.3 Å². The largest absolute Gasteiger partial charge is 0.497 e. The Morgan fingerprint density at radius 2 is 1.92 bits per heavy atom. The number of hydrogen-bond donors (Lipinski definition) is 2. The second-order valence-electron chi connectivity index (χ2n) is 5.32. The smallest absolute Gasteiger partial charge is 0.280 e. The van der Waals surface area contributed by atoms with Crippen molar-refractivity contribution < 1.29 is 14.3 Å². The predicted molar refractivity (Wildman–Crippen MR) is 97.9 cm³/mol. The van der Waals surface area contributed by atoms with E-state index in [1.165, 1.54) is 4.68 Å². The molecule has 0 saturated heterocycles. The van der Waals surface area contributed by atoms with Gasteiger partial charge in [-0.15, -0.1) is 5.10 Å². The fraction of sp³-hybridized carbons (Fsp3) is 0.167. The van der Waals surface area contributed by atoms with E-state index in [1.54, 1.807) is 49.6 Å². The van der Waals surface area contributed by atoms with Crippen LogP contribution in [0.1, 0.15) is 17.4 Å². The molecular weight excluding hydrogens is 334 g/mol. The van der Waals surface area contributed by atoms with Crippen LogP contribution in [0.2, 0.25) is 0 Å². The van der Waals surface area contributed by atoms with E-state index in [9.17, 15) is 4.79 Å². The van der Waals surface area contributed by atoms with Crippen LogP contribution in [0.15, 0.2) is 48.5 Å². The van der Waals surface area contributed by atoms with Crippen LogP contribution in [0.4, 0.5) is 11.5 Å². The van der Waals surface area contributed by atoms with Crippen molar-refractivity contribution in [1.82, 2.24) is 15.0 Å². The van der Waals surface area contributed by atoms with Crippen molar-refractivity contribution in [1.29, 1.82) is 0 Å². The number of carbonyl (C=O) groups is 1. The molecular formula is C18H19N5O3. The zero-order chi connectivity index (χ0) is 18.5. The van der Waals surface area contributed by atoms with E-state index in [0.29, 0.717) is 29.5 Å². The third-order valence-corrected chi connectivity index (χ3v) is 3.67. The van der Waals surface area contributed by atoms with Crippen LogP contribution in [0.3, 0.4) is 0 Å². The number of carbonyl (C=O) groups excluding carboxylic acids is 1. The number of ether oxygens (including phenoxy) is 2. The highest BCUT2D eigenvalue weighted by molar-refractivity contribution is 6.06. The van der Waals surface area contributed by atoms with E-state index in [0.717, 1.165) is 0 Å². The Morgan fingerprint density at radius 3 is 2.62 bits per heavy atom. The van der Waals surface area contributed by atoms with Crippen LogP contribution < -0.4 is 20.5 Å². The normalized spacial score (nSPS) is 10.4. The number of aromatic nitrogens is 3. The predicted octanol–water partition coefficient (Wildman–Crippen LogP) is 2.51. The molecule has 1 amide bonds. The zero-order valence-electron chi connectivity index (χ0n) is 14.5. The highest BCUT2D eigenvalue weighted by Crippen LogP contribution is 2.25. The molecule has 2 aromatic carbocycles. The Bertz CT molecular complexity index is 905. The zero-order valence-corrected chi connectivity index (χ0v) is 14.5. The number of amides is 1. The van der Waals surface area contributed by atoms with Crippen LogP contribution >= 0.6 is 0 Å². The molecule has 0 aliphatic rings. The summed E-state index contributed by atoms with van der Waals surface area (Å²) in [5, 5.41) is 10.6. The van der Waals surface area contributed by atoms with Crippen molar-refractivity contribution in [3.8, 4) is 17.2 Å². The molecule has 8 heteroatoms. The number of nitrogens with two attached hydrogens (primary N) is 1. The van der Waals surface area contributed by atoms with Gasteiger partial charge in [-0.2, -0.15) is 4.68 Å². The molecule has 0 aliphatic heterocycles. The third kappa shape index (κ3) is 3.44. The minimum atomic E-state index is -0.464. The SMILES string of the molecule is CCOc1ccccc1NC(=O)c1nnn(-c2ccc(OC)cc2)c1N. The van der Waals surface area contributed by atoms with Crippen molar-refractivity contribution in [2.75, 3.05) is 24.8 Å². The van der Waals surface area contributed by atoms with Gasteiger partial charge in [0.05, 0.1) is 25.1 Å². The quantitative estimate of drug-likeness (QED) is 0.705. The molecule has 1 aromatic heterocycles. The van der Waals surface area contributed by atoms with Crippen LogP contribution in [-0.2, 0) is 0 Å². The lowest BCUT2D eigenvalue weighted by Gasteiger charge is -2.10. The second-order valence-corrected chi connectivity index (χ2v) is 5.32. The molecule has 26 heavy (non-hydrogen) atoms. The molecule has 3 rings (SSSR count). The number of nitrogens with zero attached hydrogens (tertiary/aromatic N) is 3. The third-order valence-electron chi connectivity index (χ3n) is 3.67. The van der Waals surface area contributed by atoms with Crippen molar-refractivity contribution in [3.63, 3.8) is 0 Å². The average Bonchev–Trinajstić information content (AvgIpc) is 3.05. The van der Waals surface area contributed by atoms with Crippen molar-refractivity contribution in [2.45, 2.75) is 6.92 Å². The average molecular weight is 353 g/mol. The maximum absolute atomic E-state index is 12.6. The van der Waals surface area contributed by atoms with Crippen molar-refractivity contribution >= 4 is 17.4 Å². The maximum atomic E-state index is 12.6. The number of hydrogen-bond acceptors (Lipinski definition) is 6. The van der Waals surface area contributed by atoms with Crippen molar-refractivity contribution in [3.05, 3.63) is 54.2 Å². The summed E-state index contributed by atoms with van der Waals surface area (Å²) in [6, 6.07) is 14.2. The molecule has 8 nitrogen and oxygen atoms in total. The summed E-state index contributed by atoms with van der Waals surface area (Å²) in [6.07, 6.45) is 0. The van der Waals surface area contributed by atoms with Gasteiger partial charge in [-0.25, -0.2) is 0 Å². The molecule has 0 bridgehead atoms. The monoisotopic (exact) mass is 353 g/mol. The van der Waals surface area contributed by atoms with Gasteiger partial charge < -0.3 is 20.5 Å². The van der Waals surface area contributed by atoms with E-state index in [1.807, 2.05) is 13.0 Å². The van der Waals surface area contributed by atoms with Gasteiger partial charge in [0.1, 0.15) is 11.5 Å². The minimum Gasteiger partial charge on any atom is -0.497 e. The Labute approximate surface area is 150 Å². The molecule has 3 aromatic rings. The van der Waals surface area contributed by atoms with Gasteiger partial charge in [0.2, 0.25) is 0 Å². The summed E-state index contributed by atoms with van der Waals surface area (Å²) in [6.45, 7) is 2.36. The fourth-order valence-electron chi connectivity index (χ4n) is 2.40. The van der Waals surface area contributed by atoms with Crippen LogP contribution in [0, 0.1) is 0 Å². The van der Waals surface area contributed by atoms with Crippen molar-refractivity contribution in [2.24, 2.45) is 0 Å². The topological polar surface area (TPSA) is 104 Å². The summed E-state index contributed by atoms with van der Waals surface area (Å²) in [5.41, 5.74) is 7.32. The molecule has 0 fully saturated rings. The summed E-state index contributed by atoms with van der Waals surface area (Å²) >= 11 is 0. The Hall–Kier alpha value is -3.55. The fourth-order valence-corrected chi connectivity index (χ4v) is 2.40. The number of methoxy groups -OCH3 is 1. The first kappa shape index (κ1) is 17.3.